The van der Waals surface area contributed by atoms with Crippen LogP contribution in [-0.2, 0) is 6.40 Å². The monoisotopic (exact) mass is 577 g/mol. The zero-order chi connectivity index (χ0) is 39.5. The molecule has 9 rings (SSSR count). The number of rotatable bonds is 4. The highest BCUT2D eigenvalue weighted by Crippen LogP contribution is 2.41. The molecule has 4 heteroatoms. The van der Waals surface area contributed by atoms with Crippen LogP contribution in [0.4, 0.5) is 0 Å². The van der Waals surface area contributed by atoms with Crippen molar-refractivity contribution in [2.45, 2.75) is 12.8 Å². The summed E-state index contributed by atoms with van der Waals surface area (Å²) in [6.07, 6.45) is -3.23. The summed E-state index contributed by atoms with van der Waals surface area (Å²) >= 11 is 0. The van der Waals surface area contributed by atoms with Crippen LogP contribution in [0.2, 0.25) is 0 Å². The Balaban J connectivity index is 1.48. The van der Waals surface area contributed by atoms with Crippen LogP contribution in [0, 0.1) is 0 Å². The van der Waals surface area contributed by atoms with E-state index in [-0.39, 0.29) is 39.2 Å². The zero-order valence-corrected chi connectivity index (χ0v) is 22.9. The van der Waals surface area contributed by atoms with E-state index in [1.807, 2.05) is 48.5 Å². The van der Waals surface area contributed by atoms with E-state index >= 15 is 0 Å². The third-order valence-electron chi connectivity index (χ3n) is 7.75. The van der Waals surface area contributed by atoms with Crippen molar-refractivity contribution < 1.29 is 20.9 Å². The van der Waals surface area contributed by atoms with Gasteiger partial charge in [-0.25, -0.2) is 9.97 Å². The Morgan fingerprint density at radius 3 is 2.41 bits per heavy atom. The van der Waals surface area contributed by atoms with Gasteiger partial charge < -0.3 is 8.98 Å². The van der Waals surface area contributed by atoms with Crippen molar-refractivity contribution in [2.75, 3.05) is 0 Å². The van der Waals surface area contributed by atoms with Gasteiger partial charge in [0.25, 0.3) is 0 Å². The SMILES string of the molecule is [2H]C1=C([2H])C([2H])C([2H])c2c1c1c([2H])c([2H])c([2H])c(-c3cc(-c4cccc5c4oc4ccccc45)nc(-c4ccccc4)n3)c1n2-c1c([2H])c([2H])c([2H])c([2H])c1[2H]. The lowest BCUT2D eigenvalue weighted by atomic mass is 10.00. The smallest absolute Gasteiger partial charge is 0.160 e. The Morgan fingerprint density at radius 2 is 1.52 bits per heavy atom. The zero-order valence-electron chi connectivity index (χ0n) is 34.9. The Bertz CT molecular complexity index is 3000. The fourth-order valence-electron chi connectivity index (χ4n) is 5.83. The first kappa shape index (κ1) is 15.6. The summed E-state index contributed by atoms with van der Waals surface area (Å²) in [5.74, 6) is 0.213. The topological polar surface area (TPSA) is 43.9 Å². The number of allylic oxidation sites excluding steroid dienone is 1. The van der Waals surface area contributed by atoms with Crippen molar-refractivity contribution in [2.24, 2.45) is 0 Å². The molecule has 1 aliphatic rings. The lowest BCUT2D eigenvalue weighted by Crippen LogP contribution is -2.03. The van der Waals surface area contributed by atoms with Crippen LogP contribution < -0.4 is 0 Å². The molecule has 0 amide bonds. The minimum atomic E-state index is -1.63. The van der Waals surface area contributed by atoms with Gasteiger partial charge in [-0.2, -0.15) is 0 Å². The maximum Gasteiger partial charge on any atom is 0.160 e. The first-order valence-corrected chi connectivity index (χ1v) is 13.9. The maximum absolute atomic E-state index is 9.41. The molecule has 5 aromatic carbocycles. The van der Waals surface area contributed by atoms with E-state index in [4.69, 9.17) is 28.1 Å². The third kappa shape index (κ3) is 3.85. The minimum absolute atomic E-state index is 0.0551. The summed E-state index contributed by atoms with van der Waals surface area (Å²) in [5.41, 5.74) is 1.75. The summed E-state index contributed by atoms with van der Waals surface area (Å²) in [4.78, 5) is 9.86. The van der Waals surface area contributed by atoms with Crippen molar-refractivity contribution in [3.8, 4) is 39.6 Å². The van der Waals surface area contributed by atoms with E-state index in [2.05, 4.69) is 0 Å². The van der Waals surface area contributed by atoms with E-state index in [0.717, 1.165) is 15.3 Å². The molecule has 2 atom stereocenters. The highest BCUT2D eigenvalue weighted by atomic mass is 16.3. The second kappa shape index (κ2) is 9.92. The number of fused-ring (bicyclic) bond motifs is 6. The molecule has 3 aromatic heterocycles. The van der Waals surface area contributed by atoms with Gasteiger partial charge in [0, 0.05) is 52.5 Å². The Labute approximate surface area is 271 Å². The van der Waals surface area contributed by atoms with Gasteiger partial charge in [0.2, 0.25) is 0 Å². The summed E-state index contributed by atoms with van der Waals surface area (Å²) in [6.45, 7) is 0. The molecule has 8 aromatic rings. The molecule has 0 aliphatic heterocycles. The first-order chi connectivity index (χ1) is 26.8. The summed E-state index contributed by atoms with van der Waals surface area (Å²) in [6, 6.07) is 17.8. The number of hydrogen-bond donors (Lipinski definition) is 0. The van der Waals surface area contributed by atoms with Gasteiger partial charge in [0.05, 0.1) is 30.6 Å². The molecule has 3 heterocycles. The number of furan rings is 1. The minimum Gasteiger partial charge on any atom is -0.455 e. The first-order valence-electron chi connectivity index (χ1n) is 20.1. The fourth-order valence-corrected chi connectivity index (χ4v) is 5.83. The van der Waals surface area contributed by atoms with Gasteiger partial charge in [-0.05, 0) is 43.1 Å². The lowest BCUT2D eigenvalue weighted by molar-refractivity contribution is 0.670. The molecular formula is C40H27N3O. The second-order valence-electron chi connectivity index (χ2n) is 10.3. The molecule has 4 nitrogen and oxygen atoms in total. The molecule has 1 aliphatic carbocycles. The van der Waals surface area contributed by atoms with Gasteiger partial charge in [0.15, 0.2) is 5.82 Å². The van der Waals surface area contributed by atoms with Crippen molar-refractivity contribution in [3.63, 3.8) is 0 Å². The number of benzene rings is 5. The maximum atomic E-state index is 9.41. The highest BCUT2D eigenvalue weighted by molar-refractivity contribution is 6.09. The molecule has 0 bridgehead atoms. The van der Waals surface area contributed by atoms with Gasteiger partial charge >= 0.3 is 0 Å². The molecule has 0 saturated carbocycles. The van der Waals surface area contributed by atoms with Crippen LogP contribution in [0.15, 0.2) is 138 Å². The number of para-hydroxylation sites is 4. The number of aromatic nitrogens is 3. The summed E-state index contributed by atoms with van der Waals surface area (Å²) in [5, 5.41) is 1.56. The fraction of sp³-hybridized carbons (Fsp3) is 0.0500. The molecule has 0 spiro atoms. The molecule has 0 fully saturated rings. The predicted octanol–water partition coefficient (Wildman–Crippen LogP) is 10.3. The van der Waals surface area contributed by atoms with E-state index < -0.39 is 78.9 Å². The normalized spacial score (nSPS) is 20.4. The highest BCUT2D eigenvalue weighted by Gasteiger charge is 2.23. The number of nitrogens with zero attached hydrogens (tertiary/aromatic N) is 3. The van der Waals surface area contributed by atoms with Gasteiger partial charge in [0.1, 0.15) is 11.2 Å². The number of hydrogen-bond acceptors (Lipinski definition) is 3. The van der Waals surface area contributed by atoms with E-state index in [1.165, 1.54) is 0 Å². The molecule has 0 radical (unpaired) electrons. The van der Waals surface area contributed by atoms with Crippen molar-refractivity contribution in [1.29, 1.82) is 0 Å². The van der Waals surface area contributed by atoms with Crippen LogP contribution in [0.5, 0.6) is 0 Å². The predicted molar refractivity (Wildman–Crippen MR) is 180 cm³/mol. The van der Waals surface area contributed by atoms with Crippen LogP contribution in [0.3, 0.4) is 0 Å². The standard InChI is InChI=1S/C40H27N3O/c1-3-13-26(14-4-1)40-41-34(25-35(42-40)33-22-12-20-31-29-18-8-10-24-37(29)44-39(31)33)32-21-11-19-30-28-17-7-9-23-36(28)43(38(30)32)27-15-5-2-6-16-27/h1-8,10-22,24-25H,9,23H2/i2D,5D,6D,7D,9D,11D,15D,16D,17D,19D,21D,23D. The Kier molecular flexibility index (Phi) is 3.53. The van der Waals surface area contributed by atoms with Crippen molar-refractivity contribution >= 4 is 38.9 Å². The van der Waals surface area contributed by atoms with E-state index in [9.17, 15) is 2.74 Å². The van der Waals surface area contributed by atoms with Gasteiger partial charge in [-0.3, -0.25) is 0 Å². The molecule has 208 valence electrons. The van der Waals surface area contributed by atoms with Crippen molar-refractivity contribution in [3.05, 3.63) is 145 Å². The van der Waals surface area contributed by atoms with E-state index in [0.29, 0.717) is 28.0 Å². The van der Waals surface area contributed by atoms with Gasteiger partial charge in [-0.1, -0.05) is 109 Å². The molecular weight excluding hydrogens is 538 g/mol. The quantitative estimate of drug-likeness (QED) is 0.209. The third-order valence-corrected chi connectivity index (χ3v) is 7.75. The summed E-state index contributed by atoms with van der Waals surface area (Å²) in [7, 11) is 0. The lowest BCUT2D eigenvalue weighted by Gasteiger charge is -2.15. The average molecular weight is 578 g/mol. The van der Waals surface area contributed by atoms with Crippen LogP contribution >= 0.6 is 0 Å². The largest absolute Gasteiger partial charge is 0.455 e. The molecule has 0 saturated heterocycles. The molecule has 0 N–H and O–H groups in total. The van der Waals surface area contributed by atoms with Crippen molar-refractivity contribution in [1.82, 2.24) is 14.5 Å². The van der Waals surface area contributed by atoms with Crippen LogP contribution in [-0.4, -0.2) is 14.5 Å². The second-order valence-corrected chi connectivity index (χ2v) is 10.3. The Morgan fingerprint density at radius 1 is 0.727 bits per heavy atom. The Hall–Kier alpha value is -5.74. The molecule has 44 heavy (non-hydrogen) atoms. The van der Waals surface area contributed by atoms with E-state index in [1.54, 1.807) is 30.3 Å². The van der Waals surface area contributed by atoms with Crippen LogP contribution in [0.25, 0.3) is 78.5 Å². The average Bonchev–Trinajstić information content (AvgIpc) is 3.77. The van der Waals surface area contributed by atoms with Gasteiger partial charge in [-0.15, -0.1) is 0 Å². The molecule has 2 unspecified atom stereocenters. The van der Waals surface area contributed by atoms with Crippen LogP contribution in [0.1, 0.15) is 34.1 Å². The summed E-state index contributed by atoms with van der Waals surface area (Å²) < 4.78 is 114.